The number of halogens is 1. The molecule has 118 valence electrons. The van der Waals surface area contributed by atoms with Crippen molar-refractivity contribution in [1.29, 1.82) is 0 Å². The molecule has 22 heavy (non-hydrogen) atoms. The zero-order valence-electron chi connectivity index (χ0n) is 12.1. The Morgan fingerprint density at radius 3 is 2.82 bits per heavy atom. The van der Waals surface area contributed by atoms with E-state index in [0.717, 1.165) is 30.3 Å². The lowest BCUT2D eigenvalue weighted by Crippen LogP contribution is -2.60. The standard InChI is InChI=1S/C15H18ClN3O2S/c16-13-4-3-10(22-13)7-17-9-6-12-15(21)18-5-1-2-11(18)14(20)19(12)8-9/h3-4,9,11-12,17H,1-2,5-8H2/t9-,11+,12-/m0/s1. The fourth-order valence-electron chi connectivity index (χ4n) is 3.82. The predicted octanol–water partition coefficient (Wildman–Crippen LogP) is 1.47. The summed E-state index contributed by atoms with van der Waals surface area (Å²) in [6, 6.07) is 3.63. The van der Waals surface area contributed by atoms with Gasteiger partial charge in [0.1, 0.15) is 12.1 Å². The average molecular weight is 340 g/mol. The lowest BCUT2D eigenvalue weighted by atomic mass is 10.1. The van der Waals surface area contributed by atoms with Crippen LogP contribution in [0.4, 0.5) is 0 Å². The number of hydrogen-bond donors (Lipinski definition) is 1. The normalized spacial score (nSPS) is 30.9. The molecule has 1 aromatic heterocycles. The minimum Gasteiger partial charge on any atom is -0.329 e. The van der Waals surface area contributed by atoms with Gasteiger partial charge in [-0.05, 0) is 31.4 Å². The Balaban J connectivity index is 1.43. The van der Waals surface area contributed by atoms with Gasteiger partial charge in [-0.2, -0.15) is 0 Å². The third kappa shape index (κ3) is 2.33. The topological polar surface area (TPSA) is 52.7 Å². The zero-order chi connectivity index (χ0) is 15.3. The first kappa shape index (κ1) is 14.5. The number of carbonyl (C=O) groups excluding carboxylic acids is 2. The van der Waals surface area contributed by atoms with Crippen LogP contribution in [0.25, 0.3) is 0 Å². The number of rotatable bonds is 3. The van der Waals surface area contributed by atoms with Crippen LogP contribution in [0.5, 0.6) is 0 Å². The summed E-state index contributed by atoms with van der Waals surface area (Å²) in [5.41, 5.74) is 0. The molecule has 3 aliphatic heterocycles. The van der Waals surface area contributed by atoms with Crippen LogP contribution in [0.1, 0.15) is 24.1 Å². The minimum absolute atomic E-state index is 0.144. The molecule has 1 N–H and O–H groups in total. The summed E-state index contributed by atoms with van der Waals surface area (Å²) < 4.78 is 0.784. The summed E-state index contributed by atoms with van der Waals surface area (Å²) in [5.74, 6) is 0.288. The third-order valence-corrected chi connectivity index (χ3v) is 6.12. The third-order valence-electron chi connectivity index (χ3n) is 4.88. The molecular weight excluding hydrogens is 322 g/mol. The molecule has 3 saturated heterocycles. The molecule has 7 heteroatoms. The van der Waals surface area contributed by atoms with Crippen molar-refractivity contribution in [2.75, 3.05) is 13.1 Å². The van der Waals surface area contributed by atoms with Gasteiger partial charge in [0, 0.05) is 30.6 Å². The maximum absolute atomic E-state index is 12.5. The highest BCUT2D eigenvalue weighted by Crippen LogP contribution is 2.32. The van der Waals surface area contributed by atoms with Gasteiger partial charge in [0.15, 0.2) is 0 Å². The fraction of sp³-hybridized carbons (Fsp3) is 0.600. The summed E-state index contributed by atoms with van der Waals surface area (Å²) in [4.78, 5) is 29.9. The SMILES string of the molecule is O=C1[C@@H]2C[C@H](NCc3ccc(Cl)s3)CN2C(=O)[C@H]2CCCN12. The van der Waals surface area contributed by atoms with Crippen molar-refractivity contribution in [3.63, 3.8) is 0 Å². The van der Waals surface area contributed by atoms with E-state index >= 15 is 0 Å². The highest BCUT2D eigenvalue weighted by Gasteiger charge is 2.51. The largest absolute Gasteiger partial charge is 0.329 e. The molecule has 0 unspecified atom stereocenters. The van der Waals surface area contributed by atoms with Crippen molar-refractivity contribution >= 4 is 34.8 Å². The van der Waals surface area contributed by atoms with Crippen molar-refractivity contribution in [2.24, 2.45) is 0 Å². The second-order valence-corrected chi connectivity index (χ2v) is 8.02. The van der Waals surface area contributed by atoms with Gasteiger partial charge in [0.2, 0.25) is 11.8 Å². The Bertz CT molecular complexity index is 590. The van der Waals surface area contributed by atoms with Crippen LogP contribution < -0.4 is 5.32 Å². The summed E-state index contributed by atoms with van der Waals surface area (Å²) in [6.07, 6.45) is 2.48. The van der Waals surface area contributed by atoms with Gasteiger partial charge < -0.3 is 15.1 Å². The summed E-state index contributed by atoms with van der Waals surface area (Å²) >= 11 is 7.49. The molecule has 1 aromatic rings. The lowest BCUT2D eigenvalue weighted by molar-refractivity contribution is -0.156. The molecule has 5 nitrogen and oxygen atoms in total. The van der Waals surface area contributed by atoms with Gasteiger partial charge in [-0.1, -0.05) is 11.6 Å². The first-order valence-electron chi connectivity index (χ1n) is 7.72. The van der Waals surface area contributed by atoms with E-state index in [-0.39, 0.29) is 29.9 Å². The quantitative estimate of drug-likeness (QED) is 0.907. The van der Waals surface area contributed by atoms with Crippen molar-refractivity contribution < 1.29 is 9.59 Å². The van der Waals surface area contributed by atoms with Crippen LogP contribution in [0.3, 0.4) is 0 Å². The van der Waals surface area contributed by atoms with E-state index in [2.05, 4.69) is 5.32 Å². The van der Waals surface area contributed by atoms with E-state index in [1.807, 2.05) is 12.1 Å². The number of carbonyl (C=O) groups is 2. The Kier molecular flexibility index (Phi) is 3.63. The van der Waals surface area contributed by atoms with Crippen LogP contribution in [-0.2, 0) is 16.1 Å². The van der Waals surface area contributed by atoms with Gasteiger partial charge >= 0.3 is 0 Å². The number of fused-ring (bicyclic) bond motifs is 2. The van der Waals surface area contributed by atoms with Crippen LogP contribution >= 0.6 is 22.9 Å². The van der Waals surface area contributed by atoms with E-state index in [0.29, 0.717) is 13.0 Å². The number of thiophene rings is 1. The molecule has 0 aliphatic carbocycles. The fourth-order valence-corrected chi connectivity index (χ4v) is 4.86. The molecule has 3 aliphatic rings. The summed E-state index contributed by atoms with van der Waals surface area (Å²) in [6.45, 7) is 2.11. The van der Waals surface area contributed by atoms with Crippen LogP contribution in [-0.4, -0.2) is 52.8 Å². The zero-order valence-corrected chi connectivity index (χ0v) is 13.7. The minimum atomic E-state index is -0.258. The molecule has 0 bridgehead atoms. The smallest absolute Gasteiger partial charge is 0.246 e. The number of nitrogens with one attached hydrogen (secondary N) is 1. The molecule has 0 spiro atoms. The highest BCUT2D eigenvalue weighted by molar-refractivity contribution is 7.16. The van der Waals surface area contributed by atoms with E-state index in [1.54, 1.807) is 21.1 Å². The Labute approximate surface area is 138 Å². The second kappa shape index (κ2) is 5.51. The average Bonchev–Trinajstić information content (AvgIpc) is 3.21. The molecule has 4 rings (SSSR count). The molecule has 3 fully saturated rings. The maximum atomic E-state index is 12.5. The van der Waals surface area contributed by atoms with Crippen molar-refractivity contribution in [3.8, 4) is 0 Å². The molecule has 0 saturated carbocycles. The van der Waals surface area contributed by atoms with E-state index in [4.69, 9.17) is 11.6 Å². The predicted molar refractivity (Wildman–Crippen MR) is 84.8 cm³/mol. The highest BCUT2D eigenvalue weighted by atomic mass is 35.5. The Morgan fingerprint density at radius 1 is 1.23 bits per heavy atom. The van der Waals surface area contributed by atoms with Gasteiger partial charge in [0.05, 0.1) is 4.34 Å². The number of amides is 2. The Hall–Kier alpha value is -1.11. The lowest BCUT2D eigenvalue weighted by Gasteiger charge is -2.38. The molecule has 4 heterocycles. The monoisotopic (exact) mass is 339 g/mol. The molecular formula is C15H18ClN3O2S. The van der Waals surface area contributed by atoms with Crippen LogP contribution in [0.15, 0.2) is 12.1 Å². The molecule has 3 atom stereocenters. The van der Waals surface area contributed by atoms with Gasteiger partial charge in [-0.15, -0.1) is 11.3 Å². The summed E-state index contributed by atoms with van der Waals surface area (Å²) in [7, 11) is 0. The van der Waals surface area contributed by atoms with E-state index < -0.39 is 0 Å². The van der Waals surface area contributed by atoms with E-state index in [9.17, 15) is 9.59 Å². The van der Waals surface area contributed by atoms with Crippen LogP contribution in [0, 0.1) is 0 Å². The summed E-state index contributed by atoms with van der Waals surface area (Å²) in [5, 5.41) is 3.46. The van der Waals surface area contributed by atoms with Crippen molar-refractivity contribution in [2.45, 2.75) is 43.9 Å². The number of hydrogen-bond acceptors (Lipinski definition) is 4. The first-order chi connectivity index (χ1) is 10.6. The molecule has 0 radical (unpaired) electrons. The van der Waals surface area contributed by atoms with Gasteiger partial charge in [-0.25, -0.2) is 0 Å². The van der Waals surface area contributed by atoms with E-state index in [1.165, 1.54) is 4.88 Å². The van der Waals surface area contributed by atoms with Gasteiger partial charge in [0.25, 0.3) is 0 Å². The Morgan fingerprint density at radius 2 is 2.05 bits per heavy atom. The van der Waals surface area contributed by atoms with Crippen molar-refractivity contribution in [1.82, 2.24) is 15.1 Å². The molecule has 2 amide bonds. The first-order valence-corrected chi connectivity index (χ1v) is 8.91. The van der Waals surface area contributed by atoms with Gasteiger partial charge in [-0.3, -0.25) is 9.59 Å². The molecule has 0 aromatic carbocycles. The second-order valence-electron chi connectivity index (χ2n) is 6.22. The maximum Gasteiger partial charge on any atom is 0.246 e. The number of nitrogens with zero attached hydrogens (tertiary/aromatic N) is 2. The van der Waals surface area contributed by atoms with Crippen LogP contribution in [0.2, 0.25) is 4.34 Å². The number of piperazine rings is 1. The van der Waals surface area contributed by atoms with Crippen molar-refractivity contribution in [3.05, 3.63) is 21.3 Å².